The van der Waals surface area contributed by atoms with Crippen molar-refractivity contribution in [1.82, 2.24) is 5.32 Å². The van der Waals surface area contributed by atoms with Crippen LogP contribution in [0.3, 0.4) is 0 Å². The summed E-state index contributed by atoms with van der Waals surface area (Å²) in [6.45, 7) is 5.58. The first-order chi connectivity index (χ1) is 14.7. The predicted molar refractivity (Wildman–Crippen MR) is 118 cm³/mol. The third kappa shape index (κ3) is 5.22. The Morgan fingerprint density at radius 2 is 1.97 bits per heavy atom. The van der Waals surface area contributed by atoms with E-state index < -0.39 is 22.0 Å². The van der Waals surface area contributed by atoms with Crippen LogP contribution in [-0.4, -0.2) is 45.9 Å². The van der Waals surface area contributed by atoms with Crippen molar-refractivity contribution in [3.63, 3.8) is 0 Å². The number of benzene rings is 2. The summed E-state index contributed by atoms with van der Waals surface area (Å²) < 4.78 is 43.2. The van der Waals surface area contributed by atoms with Crippen LogP contribution in [-0.2, 0) is 21.4 Å². The minimum Gasteiger partial charge on any atom is -0.493 e. The smallest absolute Gasteiger partial charge is 0.263 e. The number of nitrogens with zero attached hydrogens (tertiary/aromatic N) is 1. The fourth-order valence-electron chi connectivity index (χ4n) is 3.23. The number of hydrogen-bond donors (Lipinski definition) is 1. The summed E-state index contributed by atoms with van der Waals surface area (Å²) in [6.07, 6.45) is -0.949. The molecule has 3 rings (SSSR count). The number of sulfonamides is 1. The van der Waals surface area contributed by atoms with Crippen LogP contribution in [0.4, 0.5) is 5.69 Å². The molecule has 0 radical (unpaired) electrons. The molecule has 0 saturated carbocycles. The van der Waals surface area contributed by atoms with Gasteiger partial charge in [-0.15, -0.1) is 0 Å². The summed E-state index contributed by atoms with van der Waals surface area (Å²) in [5, 5.41) is 2.82. The lowest BCUT2D eigenvalue weighted by Gasteiger charge is -2.34. The molecule has 2 aromatic carbocycles. The highest BCUT2D eigenvalue weighted by Gasteiger charge is 2.35. The number of ether oxygens (including phenoxy) is 3. The van der Waals surface area contributed by atoms with Gasteiger partial charge in [0.25, 0.3) is 5.91 Å². The fraction of sp³-hybridized carbons (Fsp3) is 0.409. The van der Waals surface area contributed by atoms with Crippen molar-refractivity contribution in [3.8, 4) is 17.2 Å². The quantitative estimate of drug-likeness (QED) is 0.667. The minimum atomic E-state index is -3.55. The average Bonchev–Trinajstić information content (AvgIpc) is 2.76. The van der Waals surface area contributed by atoms with Crippen LogP contribution in [0.5, 0.6) is 17.2 Å². The fourth-order valence-corrected chi connectivity index (χ4v) is 4.36. The average molecular weight is 449 g/mol. The van der Waals surface area contributed by atoms with E-state index in [1.165, 1.54) is 4.31 Å². The van der Waals surface area contributed by atoms with Crippen LogP contribution < -0.4 is 23.8 Å². The number of nitrogens with one attached hydrogen (secondary N) is 1. The van der Waals surface area contributed by atoms with E-state index in [1.54, 1.807) is 50.4 Å². The van der Waals surface area contributed by atoms with E-state index in [-0.39, 0.29) is 24.9 Å². The summed E-state index contributed by atoms with van der Waals surface area (Å²) in [4.78, 5) is 12.8. The summed E-state index contributed by atoms with van der Waals surface area (Å²) in [5.41, 5.74) is 1.26. The molecular weight excluding hydrogens is 420 g/mol. The minimum absolute atomic E-state index is 0.00752. The lowest BCUT2D eigenvalue weighted by molar-refractivity contribution is -0.127. The van der Waals surface area contributed by atoms with Gasteiger partial charge in [-0.05, 0) is 50.6 Å². The Balaban J connectivity index is 1.72. The SMILES string of the molecule is CCS(=O)(=O)N1CC(C(=O)NCc2ccc(OC(C)C)c(OC)c2)Oc2ccccc21. The van der Waals surface area contributed by atoms with Gasteiger partial charge < -0.3 is 19.5 Å². The molecular formula is C22H28N2O6S. The second-order valence-corrected chi connectivity index (χ2v) is 9.56. The zero-order valence-corrected chi connectivity index (χ0v) is 18.9. The van der Waals surface area contributed by atoms with E-state index in [9.17, 15) is 13.2 Å². The Morgan fingerprint density at radius 1 is 1.23 bits per heavy atom. The molecule has 2 aromatic rings. The van der Waals surface area contributed by atoms with Crippen LogP contribution >= 0.6 is 0 Å². The molecule has 1 aliphatic heterocycles. The Kier molecular flexibility index (Phi) is 6.94. The molecule has 0 spiro atoms. The summed E-state index contributed by atoms with van der Waals surface area (Å²) >= 11 is 0. The van der Waals surface area contributed by atoms with E-state index in [0.29, 0.717) is 22.9 Å². The highest BCUT2D eigenvalue weighted by Crippen LogP contribution is 2.35. The van der Waals surface area contributed by atoms with Gasteiger partial charge in [-0.25, -0.2) is 8.42 Å². The Hall–Kier alpha value is -2.94. The van der Waals surface area contributed by atoms with Gasteiger partial charge in [0, 0.05) is 6.54 Å². The normalized spacial score (nSPS) is 15.8. The van der Waals surface area contributed by atoms with Crippen LogP contribution in [0.2, 0.25) is 0 Å². The molecule has 1 amide bonds. The third-order valence-corrected chi connectivity index (χ3v) is 6.53. The van der Waals surface area contributed by atoms with Crippen molar-refractivity contribution < 1.29 is 27.4 Å². The number of hydrogen-bond acceptors (Lipinski definition) is 6. The maximum absolute atomic E-state index is 12.8. The van der Waals surface area contributed by atoms with E-state index >= 15 is 0 Å². The third-order valence-electron chi connectivity index (χ3n) is 4.79. The van der Waals surface area contributed by atoms with Gasteiger partial charge in [0.15, 0.2) is 17.6 Å². The molecule has 1 unspecified atom stereocenters. The number of methoxy groups -OCH3 is 1. The lowest BCUT2D eigenvalue weighted by atomic mass is 10.2. The number of para-hydroxylation sites is 2. The molecule has 0 saturated heterocycles. The van der Waals surface area contributed by atoms with Crippen molar-refractivity contribution in [2.75, 3.05) is 23.7 Å². The van der Waals surface area contributed by atoms with Gasteiger partial charge in [-0.3, -0.25) is 9.10 Å². The van der Waals surface area contributed by atoms with Gasteiger partial charge in [-0.2, -0.15) is 0 Å². The van der Waals surface area contributed by atoms with Crippen molar-refractivity contribution >= 4 is 21.6 Å². The van der Waals surface area contributed by atoms with Crippen molar-refractivity contribution in [1.29, 1.82) is 0 Å². The second-order valence-electron chi connectivity index (χ2n) is 7.38. The first-order valence-corrected chi connectivity index (χ1v) is 11.7. The maximum Gasteiger partial charge on any atom is 0.263 e. The van der Waals surface area contributed by atoms with Gasteiger partial charge in [-0.1, -0.05) is 18.2 Å². The van der Waals surface area contributed by atoms with Crippen molar-refractivity contribution in [2.45, 2.75) is 39.5 Å². The number of rotatable bonds is 8. The molecule has 8 nitrogen and oxygen atoms in total. The highest BCUT2D eigenvalue weighted by atomic mass is 32.2. The number of anilines is 1. The zero-order chi connectivity index (χ0) is 22.6. The molecule has 31 heavy (non-hydrogen) atoms. The standard InChI is InChI=1S/C22H28N2O6S/c1-5-31(26,27)24-14-21(30-18-9-7-6-8-17(18)24)22(25)23-13-16-10-11-19(29-15(2)3)20(12-16)28-4/h6-12,15,21H,5,13-14H2,1-4H3,(H,23,25). The van der Waals surface area contributed by atoms with Gasteiger partial charge >= 0.3 is 0 Å². The van der Waals surface area contributed by atoms with Gasteiger partial charge in [0.05, 0.1) is 31.2 Å². The van der Waals surface area contributed by atoms with E-state index in [2.05, 4.69) is 5.32 Å². The summed E-state index contributed by atoms with van der Waals surface area (Å²) in [6, 6.07) is 12.2. The van der Waals surface area contributed by atoms with E-state index in [1.807, 2.05) is 19.9 Å². The zero-order valence-electron chi connectivity index (χ0n) is 18.1. The Morgan fingerprint density at radius 3 is 2.65 bits per heavy atom. The van der Waals surface area contributed by atoms with Gasteiger partial charge in [0.2, 0.25) is 10.0 Å². The van der Waals surface area contributed by atoms with Crippen molar-refractivity contribution in [2.24, 2.45) is 0 Å². The molecule has 0 aliphatic carbocycles. The Labute approximate surface area is 183 Å². The molecule has 1 N–H and O–H groups in total. The lowest BCUT2D eigenvalue weighted by Crippen LogP contribution is -2.50. The van der Waals surface area contributed by atoms with Crippen LogP contribution in [0, 0.1) is 0 Å². The molecule has 0 bridgehead atoms. The number of fused-ring (bicyclic) bond motifs is 1. The predicted octanol–water partition coefficient (Wildman–Crippen LogP) is 2.72. The van der Waals surface area contributed by atoms with E-state index in [0.717, 1.165) is 5.56 Å². The number of amides is 1. The van der Waals surface area contributed by atoms with E-state index in [4.69, 9.17) is 14.2 Å². The molecule has 0 aromatic heterocycles. The van der Waals surface area contributed by atoms with Gasteiger partial charge in [0.1, 0.15) is 5.75 Å². The second kappa shape index (κ2) is 9.47. The molecule has 1 atom stereocenters. The summed E-state index contributed by atoms with van der Waals surface area (Å²) in [5.74, 6) is 1.10. The molecule has 168 valence electrons. The van der Waals surface area contributed by atoms with Crippen LogP contribution in [0.1, 0.15) is 26.3 Å². The monoisotopic (exact) mass is 448 g/mol. The first-order valence-electron chi connectivity index (χ1n) is 10.1. The first kappa shape index (κ1) is 22.7. The molecule has 1 aliphatic rings. The molecule has 1 heterocycles. The topological polar surface area (TPSA) is 94.2 Å². The molecule has 9 heteroatoms. The maximum atomic E-state index is 12.8. The van der Waals surface area contributed by atoms with Crippen LogP contribution in [0.15, 0.2) is 42.5 Å². The van der Waals surface area contributed by atoms with Crippen LogP contribution in [0.25, 0.3) is 0 Å². The summed E-state index contributed by atoms with van der Waals surface area (Å²) in [7, 11) is -1.99. The van der Waals surface area contributed by atoms with Crippen molar-refractivity contribution in [3.05, 3.63) is 48.0 Å². The number of carbonyl (C=O) groups is 1. The largest absolute Gasteiger partial charge is 0.493 e. The Bertz CT molecular complexity index is 1040. The molecule has 0 fully saturated rings. The number of carbonyl (C=O) groups excluding carboxylic acids is 1. The highest BCUT2D eigenvalue weighted by molar-refractivity contribution is 7.92.